The van der Waals surface area contributed by atoms with Gasteiger partial charge in [-0.05, 0) is 62.1 Å². The number of hydrogen-bond donors (Lipinski definition) is 1. The third-order valence-electron chi connectivity index (χ3n) is 6.99. The molecule has 0 unspecified atom stereocenters. The standard InChI is InChI=1S/C36H38ClF3N2O3/c1-35(2,3)45-34(43)41-29-18-11-19-30(23-29)44-22-12-21-42(24-28-17-10-20-32(33(28)37)36(38,39)40)25-31(26-13-6-4-7-14-26)27-15-8-5-9-16-27/h4-11,13-20,23,31H,12,21-22,24-25H2,1-3H3,(H,41,43). The first kappa shape index (κ1) is 33.9. The normalized spacial score (nSPS) is 11.9. The zero-order valence-corrected chi connectivity index (χ0v) is 26.4. The third kappa shape index (κ3) is 10.5. The van der Waals surface area contributed by atoms with Crippen LogP contribution in [0.4, 0.5) is 23.7 Å². The minimum Gasteiger partial charge on any atom is -0.493 e. The van der Waals surface area contributed by atoms with Gasteiger partial charge in [-0.3, -0.25) is 10.2 Å². The molecule has 4 aromatic rings. The van der Waals surface area contributed by atoms with E-state index in [-0.39, 0.29) is 17.5 Å². The molecule has 9 heteroatoms. The highest BCUT2D eigenvalue weighted by atomic mass is 35.5. The maximum Gasteiger partial charge on any atom is 0.417 e. The summed E-state index contributed by atoms with van der Waals surface area (Å²) in [5.41, 5.74) is 1.70. The Hall–Kier alpha value is -4.01. The van der Waals surface area contributed by atoms with Crippen LogP contribution in [-0.2, 0) is 17.5 Å². The van der Waals surface area contributed by atoms with Crippen LogP contribution < -0.4 is 10.1 Å². The molecule has 0 saturated carbocycles. The molecule has 238 valence electrons. The summed E-state index contributed by atoms with van der Waals surface area (Å²) in [6.07, 6.45) is -4.51. The molecule has 4 rings (SSSR count). The highest BCUT2D eigenvalue weighted by molar-refractivity contribution is 6.32. The number of nitrogens with zero attached hydrogens (tertiary/aromatic N) is 1. The van der Waals surface area contributed by atoms with E-state index in [1.54, 1.807) is 51.1 Å². The zero-order valence-electron chi connectivity index (χ0n) is 25.6. The number of rotatable bonds is 12. The first-order valence-electron chi connectivity index (χ1n) is 14.8. The number of hydrogen-bond acceptors (Lipinski definition) is 4. The largest absolute Gasteiger partial charge is 0.493 e. The molecular formula is C36H38ClF3N2O3. The van der Waals surface area contributed by atoms with Crippen LogP contribution in [0.25, 0.3) is 0 Å². The molecule has 1 N–H and O–H groups in total. The number of amides is 1. The molecule has 0 aromatic heterocycles. The molecule has 0 atom stereocenters. The topological polar surface area (TPSA) is 50.8 Å². The van der Waals surface area contributed by atoms with Gasteiger partial charge in [0.15, 0.2) is 0 Å². The molecular weight excluding hydrogens is 601 g/mol. The summed E-state index contributed by atoms with van der Waals surface area (Å²) in [6, 6.07) is 31.2. The number of benzene rings is 4. The molecule has 0 radical (unpaired) electrons. The van der Waals surface area contributed by atoms with Crippen LogP contribution in [-0.4, -0.2) is 36.3 Å². The summed E-state index contributed by atoms with van der Waals surface area (Å²) in [5.74, 6) is 0.552. The van der Waals surface area contributed by atoms with Crippen molar-refractivity contribution in [1.29, 1.82) is 0 Å². The molecule has 0 aliphatic carbocycles. The Morgan fingerprint density at radius 3 is 2.09 bits per heavy atom. The van der Waals surface area contributed by atoms with E-state index in [0.29, 0.717) is 43.1 Å². The summed E-state index contributed by atoms with van der Waals surface area (Å²) in [7, 11) is 0. The van der Waals surface area contributed by atoms with Crippen molar-refractivity contribution in [3.05, 3.63) is 130 Å². The fourth-order valence-electron chi connectivity index (χ4n) is 4.99. The molecule has 0 aliphatic rings. The predicted molar refractivity (Wildman–Crippen MR) is 173 cm³/mol. The van der Waals surface area contributed by atoms with E-state index >= 15 is 0 Å². The Bertz CT molecular complexity index is 1490. The highest BCUT2D eigenvalue weighted by Crippen LogP contribution is 2.37. The second kappa shape index (κ2) is 15.3. The molecule has 0 bridgehead atoms. The third-order valence-corrected chi connectivity index (χ3v) is 7.44. The van der Waals surface area contributed by atoms with Crippen molar-refractivity contribution in [1.82, 2.24) is 4.90 Å². The second-order valence-corrected chi connectivity index (χ2v) is 12.1. The fourth-order valence-corrected chi connectivity index (χ4v) is 5.28. The van der Waals surface area contributed by atoms with E-state index in [4.69, 9.17) is 21.1 Å². The number of nitrogens with one attached hydrogen (secondary N) is 1. The lowest BCUT2D eigenvalue weighted by Gasteiger charge is -2.29. The molecule has 0 spiro atoms. The van der Waals surface area contributed by atoms with Crippen molar-refractivity contribution < 1.29 is 27.4 Å². The van der Waals surface area contributed by atoms with Crippen molar-refractivity contribution in [3.8, 4) is 5.75 Å². The smallest absolute Gasteiger partial charge is 0.417 e. The van der Waals surface area contributed by atoms with Crippen LogP contribution in [0.15, 0.2) is 103 Å². The number of carbonyl (C=O) groups is 1. The van der Waals surface area contributed by atoms with Gasteiger partial charge in [-0.15, -0.1) is 0 Å². The molecule has 0 saturated heterocycles. The van der Waals surface area contributed by atoms with E-state index < -0.39 is 23.4 Å². The van der Waals surface area contributed by atoms with E-state index in [1.807, 2.05) is 36.4 Å². The number of ether oxygens (including phenoxy) is 2. The van der Waals surface area contributed by atoms with Crippen LogP contribution in [0, 0.1) is 0 Å². The minimum absolute atomic E-state index is 0.0199. The summed E-state index contributed by atoms with van der Waals surface area (Å²) in [6.45, 7) is 7.04. The monoisotopic (exact) mass is 638 g/mol. The second-order valence-electron chi connectivity index (χ2n) is 11.7. The number of anilines is 1. The SMILES string of the molecule is CC(C)(C)OC(=O)Nc1cccc(OCCCN(Cc2cccc(C(F)(F)F)c2Cl)CC(c2ccccc2)c2ccccc2)c1. The van der Waals surface area contributed by atoms with Gasteiger partial charge < -0.3 is 9.47 Å². The van der Waals surface area contributed by atoms with Crippen molar-refractivity contribution in [2.75, 3.05) is 25.0 Å². The minimum atomic E-state index is -4.55. The fraction of sp³-hybridized carbons (Fsp3) is 0.306. The average molecular weight is 639 g/mol. The Morgan fingerprint density at radius 2 is 1.49 bits per heavy atom. The van der Waals surface area contributed by atoms with Gasteiger partial charge >= 0.3 is 12.3 Å². The maximum absolute atomic E-state index is 13.7. The van der Waals surface area contributed by atoms with Crippen LogP contribution in [0.2, 0.25) is 5.02 Å². The lowest BCUT2D eigenvalue weighted by molar-refractivity contribution is -0.137. The molecule has 0 heterocycles. The number of carbonyl (C=O) groups excluding carboxylic acids is 1. The lowest BCUT2D eigenvalue weighted by Crippen LogP contribution is -2.31. The summed E-state index contributed by atoms with van der Waals surface area (Å²) in [5, 5.41) is 2.42. The molecule has 1 amide bonds. The van der Waals surface area contributed by atoms with Crippen LogP contribution in [0.5, 0.6) is 5.75 Å². The first-order valence-corrected chi connectivity index (χ1v) is 15.2. The maximum atomic E-state index is 13.7. The molecule has 5 nitrogen and oxygen atoms in total. The Labute approximate surface area is 267 Å². The molecule has 0 fully saturated rings. The lowest BCUT2D eigenvalue weighted by atomic mass is 9.90. The average Bonchev–Trinajstić information content (AvgIpc) is 2.98. The van der Waals surface area contributed by atoms with E-state index in [9.17, 15) is 18.0 Å². The quantitative estimate of drug-likeness (QED) is 0.157. The molecule has 4 aromatic carbocycles. The Morgan fingerprint density at radius 1 is 0.867 bits per heavy atom. The van der Waals surface area contributed by atoms with Crippen molar-refractivity contribution in [2.24, 2.45) is 0 Å². The van der Waals surface area contributed by atoms with Crippen LogP contribution in [0.3, 0.4) is 0 Å². The van der Waals surface area contributed by atoms with Gasteiger partial charge in [0.1, 0.15) is 11.4 Å². The summed E-state index contributed by atoms with van der Waals surface area (Å²) >= 11 is 6.33. The Kier molecular flexibility index (Phi) is 11.5. The van der Waals surface area contributed by atoms with Gasteiger partial charge in [-0.2, -0.15) is 13.2 Å². The van der Waals surface area contributed by atoms with E-state index in [0.717, 1.165) is 17.2 Å². The summed E-state index contributed by atoms with van der Waals surface area (Å²) < 4.78 is 52.3. The Balaban J connectivity index is 1.50. The summed E-state index contributed by atoms with van der Waals surface area (Å²) in [4.78, 5) is 14.3. The zero-order chi connectivity index (χ0) is 32.5. The van der Waals surface area contributed by atoms with E-state index in [1.165, 1.54) is 6.07 Å². The van der Waals surface area contributed by atoms with Gasteiger partial charge in [0.05, 0.1) is 17.2 Å². The van der Waals surface area contributed by atoms with E-state index in [2.05, 4.69) is 34.5 Å². The van der Waals surface area contributed by atoms with Gasteiger partial charge in [-0.1, -0.05) is 90.5 Å². The van der Waals surface area contributed by atoms with Crippen LogP contribution in [0.1, 0.15) is 55.4 Å². The molecule has 45 heavy (non-hydrogen) atoms. The van der Waals surface area contributed by atoms with Crippen molar-refractivity contribution in [2.45, 2.75) is 51.4 Å². The molecule has 0 aliphatic heterocycles. The van der Waals surface area contributed by atoms with Crippen molar-refractivity contribution in [3.63, 3.8) is 0 Å². The van der Waals surface area contributed by atoms with Crippen molar-refractivity contribution >= 4 is 23.4 Å². The van der Waals surface area contributed by atoms with Gasteiger partial charge in [0.2, 0.25) is 0 Å². The number of halogens is 4. The predicted octanol–water partition coefficient (Wildman–Crippen LogP) is 9.81. The number of alkyl halides is 3. The van der Waals surface area contributed by atoms with Crippen LogP contribution >= 0.6 is 11.6 Å². The van der Waals surface area contributed by atoms with Gasteiger partial charge in [0.25, 0.3) is 0 Å². The first-order chi connectivity index (χ1) is 21.4. The van der Waals surface area contributed by atoms with Gasteiger partial charge in [0, 0.05) is 37.3 Å². The highest BCUT2D eigenvalue weighted by Gasteiger charge is 2.34. The van der Waals surface area contributed by atoms with Gasteiger partial charge in [-0.25, -0.2) is 4.79 Å².